The van der Waals surface area contributed by atoms with Crippen LogP contribution < -0.4 is 0 Å². The molecular formula is C15H22N2O3. The summed E-state index contributed by atoms with van der Waals surface area (Å²) in [5, 5.41) is 3.02. The summed E-state index contributed by atoms with van der Waals surface area (Å²) in [5.41, 5.74) is 0. The number of rotatable bonds is 8. The number of esters is 1. The predicted molar refractivity (Wildman–Crippen MR) is 79.2 cm³/mol. The van der Waals surface area contributed by atoms with E-state index in [0.29, 0.717) is 26.1 Å². The molecule has 0 aromatic rings. The number of hydrogen-bond donors (Lipinski definition) is 0. The van der Waals surface area contributed by atoms with Gasteiger partial charge in [0.15, 0.2) is 0 Å². The highest BCUT2D eigenvalue weighted by molar-refractivity contribution is 5.74. The molecule has 1 aliphatic carbocycles. The van der Waals surface area contributed by atoms with E-state index in [-0.39, 0.29) is 12.0 Å². The second kappa shape index (κ2) is 8.43. The molecule has 0 heterocycles. The number of ether oxygens (including phenoxy) is 1. The highest BCUT2D eigenvalue weighted by Gasteiger charge is 2.35. The van der Waals surface area contributed by atoms with E-state index in [4.69, 9.17) is 4.74 Å². The molecule has 0 saturated carbocycles. The van der Waals surface area contributed by atoms with Gasteiger partial charge in [0.2, 0.25) is 0 Å². The maximum Gasteiger partial charge on any atom is 0.311 e. The fraction of sp³-hybridized carbons (Fsp3) is 0.533. The van der Waals surface area contributed by atoms with Crippen LogP contribution in [0.3, 0.4) is 0 Å². The molecule has 0 amide bonds. The molecule has 0 aliphatic heterocycles. The van der Waals surface area contributed by atoms with Crippen molar-refractivity contribution in [2.45, 2.75) is 25.4 Å². The maximum atomic E-state index is 11.9. The lowest BCUT2D eigenvalue weighted by molar-refractivity contribution is -0.149. The van der Waals surface area contributed by atoms with Crippen LogP contribution in [0.2, 0.25) is 0 Å². The van der Waals surface area contributed by atoms with E-state index in [1.54, 1.807) is 25.2 Å². The van der Waals surface area contributed by atoms with Crippen molar-refractivity contribution in [2.75, 3.05) is 19.7 Å². The van der Waals surface area contributed by atoms with E-state index in [1.807, 2.05) is 6.08 Å². The van der Waals surface area contributed by atoms with Crippen molar-refractivity contribution < 1.29 is 9.53 Å². The van der Waals surface area contributed by atoms with Crippen LogP contribution in [0.1, 0.15) is 13.3 Å². The van der Waals surface area contributed by atoms with Crippen LogP contribution in [-0.2, 0) is 9.53 Å². The molecular weight excluding hydrogens is 256 g/mol. The van der Waals surface area contributed by atoms with E-state index < -0.39 is 12.0 Å². The van der Waals surface area contributed by atoms with Crippen LogP contribution in [0.25, 0.3) is 0 Å². The van der Waals surface area contributed by atoms with Gasteiger partial charge in [-0.1, -0.05) is 29.5 Å². The summed E-state index contributed by atoms with van der Waals surface area (Å²) in [6, 6.07) is -0.585. The van der Waals surface area contributed by atoms with Crippen LogP contribution in [0, 0.1) is 10.8 Å². The zero-order chi connectivity index (χ0) is 15.0. The normalized spacial score (nSPS) is 25.2. The molecule has 20 heavy (non-hydrogen) atoms. The molecule has 2 unspecified atom stereocenters. The Hall–Kier alpha value is -1.75. The summed E-state index contributed by atoms with van der Waals surface area (Å²) in [5.74, 6) is -0.872. The highest BCUT2D eigenvalue weighted by Crippen LogP contribution is 2.26. The average Bonchev–Trinajstić information content (AvgIpc) is 2.46. The summed E-state index contributed by atoms with van der Waals surface area (Å²) in [4.78, 5) is 24.9. The molecule has 0 radical (unpaired) electrons. The summed E-state index contributed by atoms with van der Waals surface area (Å²) in [7, 11) is 0. The fourth-order valence-electron chi connectivity index (χ4n) is 2.40. The van der Waals surface area contributed by atoms with Crippen molar-refractivity contribution in [1.29, 1.82) is 0 Å². The maximum absolute atomic E-state index is 11.9. The first-order valence-corrected chi connectivity index (χ1v) is 6.81. The van der Waals surface area contributed by atoms with E-state index in [1.165, 1.54) is 0 Å². The average molecular weight is 278 g/mol. The Kier molecular flexibility index (Phi) is 6.87. The first-order valence-electron chi connectivity index (χ1n) is 6.81. The summed E-state index contributed by atoms with van der Waals surface area (Å²) in [6.07, 6.45) is 7.76. The lowest BCUT2D eigenvalue weighted by Crippen LogP contribution is -2.42. The second-order valence-corrected chi connectivity index (χ2v) is 4.67. The first kappa shape index (κ1) is 16.3. The van der Waals surface area contributed by atoms with Crippen molar-refractivity contribution >= 4 is 5.97 Å². The van der Waals surface area contributed by atoms with E-state index in [9.17, 15) is 9.70 Å². The topological polar surface area (TPSA) is 59.0 Å². The number of hydrogen-bond acceptors (Lipinski definition) is 5. The molecule has 0 bridgehead atoms. The van der Waals surface area contributed by atoms with Crippen LogP contribution in [-0.4, -0.2) is 42.6 Å². The molecule has 1 aliphatic rings. The Morgan fingerprint density at radius 2 is 2.05 bits per heavy atom. The van der Waals surface area contributed by atoms with Gasteiger partial charge < -0.3 is 4.74 Å². The largest absolute Gasteiger partial charge is 0.466 e. The molecule has 0 aromatic heterocycles. The minimum absolute atomic E-state index is 0.0541. The standard InChI is InChI=1S/C15H22N2O3/c1-4-9-17(10-5-2)12-7-8-14(16-19)13(11-12)15(18)20-6-3/h4-5,7-8,12-14H,1-2,6,9-11H2,3H3/t12-,13?,14?/m1/s1. The summed E-state index contributed by atoms with van der Waals surface area (Å²) >= 11 is 0. The minimum Gasteiger partial charge on any atom is -0.466 e. The van der Waals surface area contributed by atoms with E-state index >= 15 is 0 Å². The fourth-order valence-corrected chi connectivity index (χ4v) is 2.40. The zero-order valence-corrected chi connectivity index (χ0v) is 11.9. The Bertz CT molecular complexity index is 383. The van der Waals surface area contributed by atoms with Crippen molar-refractivity contribution in [3.8, 4) is 0 Å². The Morgan fingerprint density at radius 3 is 2.55 bits per heavy atom. The minimum atomic E-state index is -0.639. The summed E-state index contributed by atoms with van der Waals surface area (Å²) < 4.78 is 5.03. The van der Waals surface area contributed by atoms with Crippen LogP contribution in [0.4, 0.5) is 0 Å². The van der Waals surface area contributed by atoms with Crippen LogP contribution in [0.15, 0.2) is 42.6 Å². The van der Waals surface area contributed by atoms with Crippen LogP contribution in [0.5, 0.6) is 0 Å². The van der Waals surface area contributed by atoms with Crippen molar-refractivity contribution in [1.82, 2.24) is 4.90 Å². The SMILES string of the molecule is C=CCN(CC=C)[C@@H]1C=CC(N=O)C(C(=O)OCC)C1. The molecule has 0 spiro atoms. The third-order valence-corrected chi connectivity index (χ3v) is 3.35. The van der Waals surface area contributed by atoms with Gasteiger partial charge in [0.1, 0.15) is 6.04 Å². The lowest BCUT2D eigenvalue weighted by atomic mass is 9.86. The number of carbonyl (C=O) groups is 1. The third-order valence-electron chi connectivity index (χ3n) is 3.35. The Balaban J connectivity index is 2.85. The van der Waals surface area contributed by atoms with Gasteiger partial charge in [-0.05, 0) is 13.3 Å². The molecule has 0 saturated heterocycles. The highest BCUT2D eigenvalue weighted by atomic mass is 16.5. The molecule has 0 N–H and O–H groups in total. The summed E-state index contributed by atoms with van der Waals surface area (Å²) in [6.45, 7) is 10.9. The molecule has 0 fully saturated rings. The smallest absolute Gasteiger partial charge is 0.311 e. The molecule has 3 atom stereocenters. The third kappa shape index (κ3) is 4.13. The molecule has 5 heteroatoms. The van der Waals surface area contributed by atoms with Gasteiger partial charge >= 0.3 is 5.97 Å². The Morgan fingerprint density at radius 1 is 1.40 bits per heavy atom. The first-order chi connectivity index (χ1) is 9.67. The van der Waals surface area contributed by atoms with Crippen molar-refractivity contribution in [3.05, 3.63) is 42.4 Å². The van der Waals surface area contributed by atoms with Crippen molar-refractivity contribution in [3.63, 3.8) is 0 Å². The van der Waals surface area contributed by atoms with Gasteiger partial charge in [-0.3, -0.25) is 9.69 Å². The number of nitroso groups, excluding NO2 is 1. The lowest BCUT2D eigenvalue weighted by Gasteiger charge is -2.33. The van der Waals surface area contributed by atoms with Crippen molar-refractivity contribution in [2.24, 2.45) is 11.1 Å². The van der Waals surface area contributed by atoms with E-state index in [2.05, 4.69) is 23.2 Å². The van der Waals surface area contributed by atoms with Crippen LogP contribution >= 0.6 is 0 Å². The van der Waals surface area contributed by atoms with Gasteiger partial charge in [0.25, 0.3) is 0 Å². The monoisotopic (exact) mass is 278 g/mol. The quantitative estimate of drug-likeness (QED) is 0.388. The molecule has 110 valence electrons. The molecule has 1 rings (SSSR count). The van der Waals surface area contributed by atoms with E-state index in [0.717, 1.165) is 0 Å². The second-order valence-electron chi connectivity index (χ2n) is 4.67. The Labute approximate surface area is 120 Å². The van der Waals surface area contributed by atoms with Gasteiger partial charge in [0.05, 0.1) is 12.5 Å². The van der Waals surface area contributed by atoms with Gasteiger partial charge in [-0.15, -0.1) is 13.2 Å². The molecule has 0 aromatic carbocycles. The van der Waals surface area contributed by atoms with Gasteiger partial charge in [-0.2, -0.15) is 4.91 Å². The number of carbonyl (C=O) groups excluding carboxylic acids is 1. The predicted octanol–water partition coefficient (Wildman–Crippen LogP) is 2.30. The zero-order valence-electron chi connectivity index (χ0n) is 11.9. The molecule has 5 nitrogen and oxygen atoms in total. The van der Waals surface area contributed by atoms with Gasteiger partial charge in [0, 0.05) is 19.1 Å². The number of nitrogens with zero attached hydrogens (tertiary/aromatic N) is 2. The van der Waals surface area contributed by atoms with Gasteiger partial charge in [-0.25, -0.2) is 0 Å².